The quantitative estimate of drug-likeness (QED) is 0.133. The third-order valence-corrected chi connectivity index (χ3v) is 31.7. The summed E-state index contributed by atoms with van der Waals surface area (Å²) in [5, 5.41) is 6.86. The first-order valence-electron chi connectivity index (χ1n) is 21.8. The third-order valence-electron chi connectivity index (χ3n) is 17.0. The first-order chi connectivity index (χ1) is 24.2. The van der Waals surface area contributed by atoms with Gasteiger partial charge in [-0.05, 0) is 104 Å². The van der Waals surface area contributed by atoms with Crippen LogP contribution in [-0.2, 0) is 0 Å². The van der Waals surface area contributed by atoms with E-state index in [1.165, 1.54) is 82.3 Å². The molecule has 0 saturated heterocycles. The number of hydrogen-bond donors (Lipinski definition) is 0. The number of hydrogen-bond acceptors (Lipinski definition) is 0. The van der Waals surface area contributed by atoms with Crippen molar-refractivity contribution in [3.8, 4) is 0 Å². The van der Waals surface area contributed by atoms with Crippen LogP contribution < -0.4 is 20.7 Å². The Kier molecular flexibility index (Phi) is 9.96. The van der Waals surface area contributed by atoms with Gasteiger partial charge in [0.1, 0.15) is 0 Å². The minimum absolute atomic E-state index is 0.906. The molecule has 4 saturated carbocycles. The monoisotopic (exact) mass is 748 g/mol. The number of rotatable bonds is 14. The topological polar surface area (TPSA) is 0 Å². The van der Waals surface area contributed by atoms with Crippen LogP contribution in [-0.4, -0.2) is 32.3 Å². The maximum absolute atomic E-state index is 2.73. The van der Waals surface area contributed by atoms with Crippen molar-refractivity contribution >= 4 is 53.0 Å². The molecule has 4 heteroatoms. The fraction of sp³-hybridized carbons (Fsp3) is 0.660. The van der Waals surface area contributed by atoms with Gasteiger partial charge >= 0.3 is 0 Å². The van der Waals surface area contributed by atoms with Gasteiger partial charge in [0.05, 0.1) is 32.3 Å². The van der Waals surface area contributed by atoms with Crippen LogP contribution in [0.15, 0.2) is 72.8 Å². The number of benzene rings is 2. The second kappa shape index (κ2) is 13.8. The molecule has 0 nitrogen and oxygen atoms in total. The highest BCUT2D eigenvalue weighted by atomic mass is 28.3. The summed E-state index contributed by atoms with van der Waals surface area (Å²) in [7, 11) is -5.70. The van der Waals surface area contributed by atoms with Crippen molar-refractivity contribution < 1.29 is 0 Å². The van der Waals surface area contributed by atoms with Crippen molar-refractivity contribution in [2.45, 2.75) is 140 Å². The molecule has 0 amide bonds. The molecule has 0 radical (unpaired) electrons. The van der Waals surface area contributed by atoms with Gasteiger partial charge < -0.3 is 0 Å². The van der Waals surface area contributed by atoms with E-state index in [1.807, 2.05) is 0 Å². The molecule has 4 fully saturated rings. The van der Waals surface area contributed by atoms with Crippen LogP contribution in [0.4, 0.5) is 0 Å². The zero-order valence-corrected chi connectivity index (χ0v) is 37.9. The fourth-order valence-electron chi connectivity index (χ4n) is 13.1. The zero-order valence-electron chi connectivity index (χ0n) is 33.9. The van der Waals surface area contributed by atoms with Crippen molar-refractivity contribution in [3.05, 3.63) is 72.8 Å². The van der Waals surface area contributed by atoms with E-state index in [4.69, 9.17) is 0 Å². The molecule has 6 aliphatic rings. The van der Waals surface area contributed by atoms with E-state index >= 15 is 0 Å². The van der Waals surface area contributed by atoms with Gasteiger partial charge in [0.25, 0.3) is 0 Å². The minimum atomic E-state index is -1.49. The summed E-state index contributed by atoms with van der Waals surface area (Å²) < 4.78 is 0. The van der Waals surface area contributed by atoms with Crippen molar-refractivity contribution in [2.24, 2.45) is 53.3 Å². The molecule has 8 rings (SSSR count). The van der Waals surface area contributed by atoms with E-state index in [0.29, 0.717) is 0 Å². The Hall–Kier alpha value is -1.21. The van der Waals surface area contributed by atoms with Gasteiger partial charge in [-0.3, -0.25) is 0 Å². The fourth-order valence-corrected chi connectivity index (χ4v) is 24.2. The lowest BCUT2D eigenvalue weighted by Gasteiger charge is -2.39. The normalized spacial score (nSPS) is 34.0. The summed E-state index contributed by atoms with van der Waals surface area (Å²) in [5.41, 5.74) is 0.992. The van der Waals surface area contributed by atoms with Gasteiger partial charge in [0.15, 0.2) is 0 Å². The highest BCUT2D eigenvalue weighted by molar-refractivity contribution is 6.92. The maximum Gasteiger partial charge on any atom is 0.0839 e. The lowest BCUT2D eigenvalue weighted by molar-refractivity contribution is 0.320. The lowest BCUT2D eigenvalue weighted by Crippen LogP contribution is -2.49. The van der Waals surface area contributed by atoms with Gasteiger partial charge in [-0.15, -0.1) is 0 Å². The summed E-state index contributed by atoms with van der Waals surface area (Å²) in [6, 6.07) is 25.2. The number of allylic oxidation sites excluding steroid dienone is 4. The molecule has 2 aromatic carbocycles. The molecule has 0 spiro atoms. The molecule has 276 valence electrons. The molecule has 0 heterocycles. The van der Waals surface area contributed by atoms with Gasteiger partial charge in [-0.2, -0.15) is 0 Å². The summed E-state index contributed by atoms with van der Waals surface area (Å²) in [5.74, 6) is 8.58. The van der Waals surface area contributed by atoms with Crippen molar-refractivity contribution in [1.29, 1.82) is 0 Å². The summed E-state index contributed by atoms with van der Waals surface area (Å²) in [6.07, 6.45) is 25.0. The van der Waals surface area contributed by atoms with E-state index in [2.05, 4.69) is 125 Å². The molecule has 10 atom stereocenters. The van der Waals surface area contributed by atoms with Crippen molar-refractivity contribution in [3.63, 3.8) is 0 Å². The summed E-state index contributed by atoms with van der Waals surface area (Å²) in [4.78, 5) is 0. The molecule has 6 bridgehead atoms. The van der Waals surface area contributed by atoms with E-state index in [-0.39, 0.29) is 0 Å². The molecule has 2 aromatic rings. The molecule has 0 aliphatic heterocycles. The molecule has 0 N–H and O–H groups in total. The Morgan fingerprint density at radius 2 is 0.824 bits per heavy atom. The molecular weight excluding hydrogens is 677 g/mol. The summed E-state index contributed by atoms with van der Waals surface area (Å²) >= 11 is 0. The Morgan fingerprint density at radius 3 is 1.18 bits per heavy atom. The average Bonchev–Trinajstić information content (AvgIpc) is 3.98. The highest BCUT2D eigenvalue weighted by Gasteiger charge is 2.52. The standard InChI is InChI=1S/C47H72Si4/c1-48(2,24-21-38-29-34-9-11-36(38)27-34)43-13-15-44(16-14-43)50(5,6)26-23-40-31-42-32-41(40)33-47(42)51(7,8)46-19-17-45(18-20-46)49(3,4)25-22-39-30-35-10-12-37(39)28-35/h9-20,34-42,47H,21-33H2,1-8H3. The van der Waals surface area contributed by atoms with Crippen molar-refractivity contribution in [2.75, 3.05) is 0 Å². The molecule has 0 aromatic heterocycles. The van der Waals surface area contributed by atoms with Crippen molar-refractivity contribution in [1.82, 2.24) is 0 Å². The van der Waals surface area contributed by atoms with E-state index in [0.717, 1.165) is 58.8 Å². The molecule has 6 aliphatic carbocycles. The van der Waals surface area contributed by atoms with Gasteiger partial charge in [0.2, 0.25) is 0 Å². The Morgan fingerprint density at radius 1 is 0.412 bits per heavy atom. The smallest absolute Gasteiger partial charge is 0.0839 e. The summed E-state index contributed by atoms with van der Waals surface area (Å²) in [6.45, 7) is 21.4. The third kappa shape index (κ3) is 7.32. The highest BCUT2D eigenvalue weighted by Crippen LogP contribution is 2.59. The predicted octanol–water partition coefficient (Wildman–Crippen LogP) is 11.1. The van der Waals surface area contributed by atoms with Gasteiger partial charge in [0, 0.05) is 0 Å². The van der Waals surface area contributed by atoms with Crippen LogP contribution in [0.3, 0.4) is 0 Å². The van der Waals surface area contributed by atoms with Crippen LogP contribution in [0.5, 0.6) is 0 Å². The molecule has 51 heavy (non-hydrogen) atoms. The molecule has 10 unspecified atom stereocenters. The minimum Gasteiger partial charge on any atom is -0.0851 e. The zero-order chi connectivity index (χ0) is 35.8. The van der Waals surface area contributed by atoms with E-state index in [9.17, 15) is 0 Å². The first-order valence-corrected chi connectivity index (χ1v) is 34.5. The van der Waals surface area contributed by atoms with Crippen LogP contribution in [0.1, 0.15) is 64.2 Å². The second-order valence-corrected chi connectivity index (χ2v) is 41.1. The SMILES string of the molecule is C[Si](C)(CCC1CC2C=CC1C2)c1ccc([Si](C)(C)CCC2CC3CC2CC3[Si](C)(C)c2ccc([Si](C)(C)CCC3CC4C=CC3C4)cc2)cc1. The van der Waals surface area contributed by atoms with Crippen LogP contribution in [0, 0.1) is 53.3 Å². The van der Waals surface area contributed by atoms with Crippen LogP contribution >= 0.6 is 0 Å². The maximum atomic E-state index is 2.73. The largest absolute Gasteiger partial charge is 0.0851 e. The van der Waals surface area contributed by atoms with Crippen LogP contribution in [0.2, 0.25) is 76.0 Å². The Balaban J connectivity index is 0.820. The van der Waals surface area contributed by atoms with Gasteiger partial charge in [-0.1, -0.05) is 183 Å². The average molecular weight is 749 g/mol. The first kappa shape index (κ1) is 36.7. The van der Waals surface area contributed by atoms with E-state index in [1.54, 1.807) is 20.7 Å². The van der Waals surface area contributed by atoms with Crippen LogP contribution in [0.25, 0.3) is 0 Å². The second-order valence-electron chi connectivity index (χ2n) is 21.8. The molecular formula is C47H72Si4. The predicted molar refractivity (Wildman–Crippen MR) is 235 cm³/mol. The van der Waals surface area contributed by atoms with E-state index < -0.39 is 32.3 Å². The van der Waals surface area contributed by atoms with Gasteiger partial charge in [-0.25, -0.2) is 0 Å². The lowest BCUT2D eigenvalue weighted by atomic mass is 9.86. The Bertz CT molecular complexity index is 1600. The Labute approximate surface area is 317 Å². The number of fused-ring (bicyclic) bond motifs is 6.